The highest BCUT2D eigenvalue weighted by Crippen LogP contribution is 2.40. The van der Waals surface area contributed by atoms with E-state index in [2.05, 4.69) is 9.97 Å². The van der Waals surface area contributed by atoms with Crippen LogP contribution in [0.5, 0.6) is 11.6 Å². The highest BCUT2D eigenvalue weighted by molar-refractivity contribution is 6.17. The number of ether oxygens (including phenoxy) is 2. The van der Waals surface area contributed by atoms with Gasteiger partial charge in [-0.1, -0.05) is 0 Å². The molecule has 0 bridgehead atoms. The summed E-state index contributed by atoms with van der Waals surface area (Å²) in [5, 5.41) is 13.3. The predicted octanol–water partition coefficient (Wildman–Crippen LogP) is 3.78. The van der Waals surface area contributed by atoms with Gasteiger partial charge in [0.2, 0.25) is 5.88 Å². The molecule has 0 saturated carbocycles. The van der Waals surface area contributed by atoms with Crippen LogP contribution in [0.3, 0.4) is 0 Å². The van der Waals surface area contributed by atoms with Crippen molar-refractivity contribution in [3.63, 3.8) is 0 Å². The van der Waals surface area contributed by atoms with Gasteiger partial charge in [0.1, 0.15) is 11.9 Å². The van der Waals surface area contributed by atoms with E-state index in [0.717, 1.165) is 49.5 Å². The van der Waals surface area contributed by atoms with E-state index in [0.29, 0.717) is 0 Å². The SMILES string of the molecule is COc1ccc2[nH]c3c(C)c4ccnc(OC(=O)C(C)O)c4c(C)c3c2c1. The molecule has 2 aromatic carbocycles. The summed E-state index contributed by atoms with van der Waals surface area (Å²) in [6, 6.07) is 7.80. The van der Waals surface area contributed by atoms with Crippen LogP contribution in [0.4, 0.5) is 0 Å². The standard InChI is InChI=1S/C21H20N2O4/c1-10-14-7-8-22-20(27-21(25)12(3)24)18(14)11(2)17-15-9-13(26-4)5-6-16(15)23-19(10)17/h5-9,12,23-24H,1-4H3. The number of aromatic amines is 1. The van der Waals surface area contributed by atoms with Crippen LogP contribution in [-0.2, 0) is 4.79 Å². The highest BCUT2D eigenvalue weighted by atomic mass is 16.6. The van der Waals surface area contributed by atoms with Gasteiger partial charge >= 0.3 is 5.97 Å². The second kappa shape index (κ2) is 6.25. The van der Waals surface area contributed by atoms with Crippen molar-refractivity contribution < 1.29 is 19.4 Å². The zero-order valence-corrected chi connectivity index (χ0v) is 15.6. The number of aliphatic hydroxyl groups excluding tert-OH is 1. The topological polar surface area (TPSA) is 84.4 Å². The molecule has 0 fully saturated rings. The van der Waals surface area contributed by atoms with Crippen LogP contribution in [0.2, 0.25) is 0 Å². The minimum atomic E-state index is -1.22. The van der Waals surface area contributed by atoms with E-state index in [4.69, 9.17) is 9.47 Å². The third kappa shape index (κ3) is 2.61. The molecule has 0 aliphatic heterocycles. The molecule has 0 saturated heterocycles. The normalized spacial score (nSPS) is 12.6. The molecule has 1 unspecified atom stereocenters. The summed E-state index contributed by atoms with van der Waals surface area (Å²) in [5.74, 6) is 0.249. The van der Waals surface area contributed by atoms with Gasteiger partial charge in [0, 0.05) is 27.9 Å². The van der Waals surface area contributed by atoms with Gasteiger partial charge in [-0.05, 0) is 61.5 Å². The smallest absolute Gasteiger partial charge is 0.341 e. The first-order valence-electron chi connectivity index (χ1n) is 8.69. The summed E-state index contributed by atoms with van der Waals surface area (Å²) in [4.78, 5) is 19.7. The lowest BCUT2D eigenvalue weighted by Gasteiger charge is -2.13. The Bertz CT molecular complexity index is 1210. The average Bonchev–Trinajstić information content (AvgIpc) is 3.04. The number of esters is 1. The van der Waals surface area contributed by atoms with Gasteiger partial charge in [-0.15, -0.1) is 0 Å². The number of benzene rings is 2. The van der Waals surface area contributed by atoms with Crippen molar-refractivity contribution in [1.29, 1.82) is 0 Å². The van der Waals surface area contributed by atoms with Crippen LogP contribution < -0.4 is 9.47 Å². The van der Waals surface area contributed by atoms with Gasteiger partial charge in [0.15, 0.2) is 0 Å². The van der Waals surface area contributed by atoms with Crippen molar-refractivity contribution in [2.24, 2.45) is 0 Å². The molecule has 4 aromatic rings. The number of aliphatic hydroxyl groups is 1. The number of methoxy groups -OCH3 is 1. The van der Waals surface area contributed by atoms with Gasteiger partial charge in [-0.25, -0.2) is 9.78 Å². The Morgan fingerprint density at radius 1 is 1.15 bits per heavy atom. The van der Waals surface area contributed by atoms with Crippen LogP contribution in [0.25, 0.3) is 32.6 Å². The van der Waals surface area contributed by atoms with E-state index in [-0.39, 0.29) is 5.88 Å². The van der Waals surface area contributed by atoms with Crippen molar-refractivity contribution in [2.75, 3.05) is 7.11 Å². The fraction of sp³-hybridized carbons (Fsp3) is 0.238. The zero-order valence-electron chi connectivity index (χ0n) is 15.6. The van der Waals surface area contributed by atoms with Crippen LogP contribution in [0, 0.1) is 13.8 Å². The summed E-state index contributed by atoms with van der Waals surface area (Å²) < 4.78 is 10.7. The average molecular weight is 364 g/mol. The number of hydrogen-bond acceptors (Lipinski definition) is 5. The first-order chi connectivity index (χ1) is 12.9. The van der Waals surface area contributed by atoms with E-state index in [9.17, 15) is 9.90 Å². The molecule has 0 spiro atoms. The minimum absolute atomic E-state index is 0.207. The summed E-state index contributed by atoms with van der Waals surface area (Å²) in [5.41, 5.74) is 4.02. The fourth-order valence-electron chi connectivity index (χ4n) is 3.60. The number of pyridine rings is 1. The fourth-order valence-corrected chi connectivity index (χ4v) is 3.60. The number of rotatable bonds is 3. The van der Waals surface area contributed by atoms with Crippen molar-refractivity contribution in [3.8, 4) is 11.6 Å². The molecule has 0 radical (unpaired) electrons. The second-order valence-electron chi connectivity index (χ2n) is 6.67. The Labute approximate surface area is 155 Å². The number of fused-ring (bicyclic) bond motifs is 4. The molecular weight excluding hydrogens is 344 g/mol. The van der Waals surface area contributed by atoms with Crippen molar-refractivity contribution in [1.82, 2.24) is 9.97 Å². The Kier molecular flexibility index (Phi) is 4.00. The maximum Gasteiger partial charge on any atom is 0.341 e. The number of nitrogens with zero attached hydrogens (tertiary/aromatic N) is 1. The zero-order chi connectivity index (χ0) is 19.3. The monoisotopic (exact) mass is 364 g/mol. The molecule has 2 N–H and O–H groups in total. The van der Waals surface area contributed by atoms with Gasteiger partial charge in [-0.3, -0.25) is 0 Å². The van der Waals surface area contributed by atoms with Crippen molar-refractivity contribution in [3.05, 3.63) is 41.6 Å². The largest absolute Gasteiger partial charge is 0.497 e. The van der Waals surface area contributed by atoms with Gasteiger partial charge in [0.25, 0.3) is 0 Å². The molecule has 138 valence electrons. The van der Waals surface area contributed by atoms with E-state index >= 15 is 0 Å². The van der Waals surface area contributed by atoms with E-state index in [1.54, 1.807) is 13.3 Å². The molecule has 0 aliphatic carbocycles. The summed E-state index contributed by atoms with van der Waals surface area (Å²) in [7, 11) is 1.64. The molecule has 6 heteroatoms. The first-order valence-corrected chi connectivity index (χ1v) is 8.69. The molecule has 2 heterocycles. The molecule has 2 aromatic heterocycles. The number of carbonyl (C=O) groups excluding carboxylic acids is 1. The number of nitrogens with one attached hydrogen (secondary N) is 1. The molecule has 27 heavy (non-hydrogen) atoms. The number of carbonyl (C=O) groups is 1. The Hall–Kier alpha value is -3.12. The third-order valence-corrected chi connectivity index (χ3v) is 4.99. The maximum absolute atomic E-state index is 11.9. The number of aromatic nitrogens is 2. The first kappa shape index (κ1) is 17.3. The lowest BCUT2D eigenvalue weighted by Crippen LogP contribution is -2.22. The number of hydrogen-bond donors (Lipinski definition) is 2. The van der Waals surface area contributed by atoms with E-state index in [1.807, 2.05) is 38.1 Å². The molecular formula is C21H20N2O4. The van der Waals surface area contributed by atoms with Crippen LogP contribution in [-0.4, -0.2) is 34.3 Å². The van der Waals surface area contributed by atoms with Crippen molar-refractivity contribution in [2.45, 2.75) is 26.9 Å². The third-order valence-electron chi connectivity index (χ3n) is 4.99. The lowest BCUT2D eigenvalue weighted by molar-refractivity contribution is -0.142. The quantitative estimate of drug-likeness (QED) is 0.541. The van der Waals surface area contributed by atoms with Gasteiger partial charge in [-0.2, -0.15) is 0 Å². The lowest BCUT2D eigenvalue weighted by atomic mass is 9.96. The summed E-state index contributed by atoms with van der Waals surface area (Å²) in [6.07, 6.45) is 0.390. The Morgan fingerprint density at radius 3 is 2.63 bits per heavy atom. The molecule has 0 amide bonds. The van der Waals surface area contributed by atoms with Gasteiger partial charge < -0.3 is 19.6 Å². The van der Waals surface area contributed by atoms with Gasteiger partial charge in [0.05, 0.1) is 12.6 Å². The molecule has 0 aliphatic rings. The van der Waals surface area contributed by atoms with E-state index in [1.165, 1.54) is 6.92 Å². The number of aryl methyl sites for hydroxylation is 2. The van der Waals surface area contributed by atoms with E-state index < -0.39 is 12.1 Å². The maximum atomic E-state index is 11.9. The molecule has 1 atom stereocenters. The minimum Gasteiger partial charge on any atom is -0.497 e. The molecule has 6 nitrogen and oxygen atoms in total. The molecule has 4 rings (SSSR count). The van der Waals surface area contributed by atoms with Crippen LogP contribution in [0.15, 0.2) is 30.5 Å². The van der Waals surface area contributed by atoms with Crippen LogP contribution in [0.1, 0.15) is 18.1 Å². The van der Waals surface area contributed by atoms with Crippen LogP contribution >= 0.6 is 0 Å². The Morgan fingerprint density at radius 2 is 1.93 bits per heavy atom. The summed E-state index contributed by atoms with van der Waals surface area (Å²) in [6.45, 7) is 5.38. The van der Waals surface area contributed by atoms with Crippen molar-refractivity contribution >= 4 is 38.5 Å². The highest BCUT2D eigenvalue weighted by Gasteiger charge is 2.20. The summed E-state index contributed by atoms with van der Waals surface area (Å²) >= 11 is 0. The predicted molar refractivity (Wildman–Crippen MR) is 104 cm³/mol. The Balaban J connectivity index is 2.11. The number of H-pyrrole nitrogens is 1. The second-order valence-corrected chi connectivity index (χ2v) is 6.67.